The van der Waals surface area contributed by atoms with Gasteiger partial charge in [0.1, 0.15) is 12.7 Å². The summed E-state index contributed by atoms with van der Waals surface area (Å²) >= 11 is 0. The molecule has 3 heterocycles. The molecule has 1 atom stereocenters. The Morgan fingerprint density at radius 2 is 1.72 bits per heavy atom. The fraction of sp³-hybridized carbons (Fsp3) is 0.800. The summed E-state index contributed by atoms with van der Waals surface area (Å²) in [6, 6.07) is -0.0209. The second kappa shape index (κ2) is 11.1. The maximum atomic E-state index is 12.7. The number of likely N-dealkylation sites (tertiary alicyclic amines) is 1. The highest BCUT2D eigenvalue weighted by atomic mass is 16.2. The van der Waals surface area contributed by atoms with Gasteiger partial charge in [0, 0.05) is 58.9 Å². The Bertz CT molecular complexity index is 633. The molecule has 0 bridgehead atoms. The highest BCUT2D eigenvalue weighted by Crippen LogP contribution is 2.14. The Hall–Kier alpha value is -2.16. The van der Waals surface area contributed by atoms with E-state index in [9.17, 15) is 4.79 Å². The van der Waals surface area contributed by atoms with Crippen molar-refractivity contribution in [3.8, 4) is 0 Å². The molecule has 0 aliphatic carbocycles. The zero-order valence-corrected chi connectivity index (χ0v) is 18.0. The number of carbonyl (C=O) groups excluding carboxylic acids is 1. The minimum absolute atomic E-state index is 0.0209. The lowest BCUT2D eigenvalue weighted by atomic mass is 10.2. The Balaban J connectivity index is 1.42. The first-order chi connectivity index (χ1) is 14.2. The monoisotopic (exact) mass is 404 g/mol. The van der Waals surface area contributed by atoms with Crippen LogP contribution in [0.2, 0.25) is 0 Å². The van der Waals surface area contributed by atoms with Gasteiger partial charge in [-0.05, 0) is 39.5 Å². The standard InChI is InChI=1S/C20H36N8O/c1-3-21-20(22-8-4-5-9-25-16-23-24-17-25)28-14-12-26(13-15-28)18(2)19(29)27-10-6-7-11-27/h16-18H,3-15H2,1-2H3,(H,21,22). The number of aryl methyl sites for hydroxylation is 1. The van der Waals surface area contributed by atoms with E-state index in [1.807, 2.05) is 9.47 Å². The van der Waals surface area contributed by atoms with Crippen LogP contribution in [-0.2, 0) is 11.3 Å². The Morgan fingerprint density at radius 3 is 2.38 bits per heavy atom. The summed E-state index contributed by atoms with van der Waals surface area (Å²) in [5, 5.41) is 11.1. The van der Waals surface area contributed by atoms with Crippen molar-refractivity contribution in [3.05, 3.63) is 12.7 Å². The topological polar surface area (TPSA) is 81.9 Å². The van der Waals surface area contributed by atoms with E-state index in [1.54, 1.807) is 12.7 Å². The third kappa shape index (κ3) is 6.16. The number of amides is 1. The number of nitrogens with zero attached hydrogens (tertiary/aromatic N) is 7. The maximum absolute atomic E-state index is 12.7. The van der Waals surface area contributed by atoms with Gasteiger partial charge in [-0.3, -0.25) is 14.7 Å². The van der Waals surface area contributed by atoms with Crippen molar-refractivity contribution >= 4 is 11.9 Å². The molecule has 1 N–H and O–H groups in total. The van der Waals surface area contributed by atoms with Crippen LogP contribution in [0, 0.1) is 0 Å². The molecule has 0 aromatic carbocycles. The molecule has 2 aliphatic heterocycles. The summed E-state index contributed by atoms with van der Waals surface area (Å²) in [6.45, 7) is 12.3. The van der Waals surface area contributed by atoms with Crippen molar-refractivity contribution < 1.29 is 4.79 Å². The lowest BCUT2D eigenvalue weighted by molar-refractivity contribution is -0.135. The first kappa shape index (κ1) is 21.5. The minimum atomic E-state index is -0.0209. The van der Waals surface area contributed by atoms with E-state index in [1.165, 1.54) is 0 Å². The van der Waals surface area contributed by atoms with Gasteiger partial charge in [0.15, 0.2) is 5.96 Å². The van der Waals surface area contributed by atoms with Crippen LogP contribution in [-0.4, -0.2) is 99.7 Å². The summed E-state index contributed by atoms with van der Waals surface area (Å²) in [5.74, 6) is 1.29. The van der Waals surface area contributed by atoms with Gasteiger partial charge in [-0.25, -0.2) is 0 Å². The van der Waals surface area contributed by atoms with Crippen molar-refractivity contribution in [2.24, 2.45) is 4.99 Å². The first-order valence-corrected chi connectivity index (χ1v) is 11.1. The van der Waals surface area contributed by atoms with Crippen molar-refractivity contribution in [2.45, 2.75) is 52.1 Å². The molecule has 2 aliphatic rings. The van der Waals surface area contributed by atoms with Gasteiger partial charge in [0.05, 0.1) is 6.04 Å². The molecular formula is C20H36N8O. The average Bonchev–Trinajstić information content (AvgIpc) is 3.46. The van der Waals surface area contributed by atoms with Crippen LogP contribution in [0.25, 0.3) is 0 Å². The van der Waals surface area contributed by atoms with Gasteiger partial charge in [-0.1, -0.05) is 0 Å². The molecule has 9 nitrogen and oxygen atoms in total. The second-order valence-corrected chi connectivity index (χ2v) is 7.87. The molecule has 1 aromatic heterocycles. The van der Waals surface area contributed by atoms with E-state index in [2.05, 4.69) is 39.2 Å². The SMILES string of the molecule is CCNC(=NCCCCn1cnnc1)N1CCN(C(C)C(=O)N2CCCC2)CC1. The number of unbranched alkanes of at least 4 members (excludes halogenated alkanes) is 1. The van der Waals surface area contributed by atoms with Crippen molar-refractivity contribution in [2.75, 3.05) is 52.4 Å². The van der Waals surface area contributed by atoms with E-state index in [0.717, 1.165) is 90.5 Å². The van der Waals surface area contributed by atoms with Crippen LogP contribution in [0.15, 0.2) is 17.6 Å². The fourth-order valence-corrected chi connectivity index (χ4v) is 4.03. The molecule has 2 fully saturated rings. The summed E-state index contributed by atoms with van der Waals surface area (Å²) in [5.41, 5.74) is 0. The zero-order chi connectivity index (χ0) is 20.5. The van der Waals surface area contributed by atoms with E-state index >= 15 is 0 Å². The van der Waals surface area contributed by atoms with E-state index in [4.69, 9.17) is 4.99 Å². The molecule has 2 saturated heterocycles. The Labute approximate surface area is 174 Å². The predicted octanol–water partition coefficient (Wildman–Crippen LogP) is 0.652. The molecule has 0 radical (unpaired) electrons. The lowest BCUT2D eigenvalue weighted by Gasteiger charge is -2.39. The molecule has 0 saturated carbocycles. The number of hydrogen-bond donors (Lipinski definition) is 1. The van der Waals surface area contributed by atoms with Gasteiger partial charge in [-0.2, -0.15) is 0 Å². The molecule has 9 heteroatoms. The highest BCUT2D eigenvalue weighted by Gasteiger charge is 2.30. The number of guanidine groups is 1. The number of aliphatic imine (C=N–C) groups is 1. The van der Waals surface area contributed by atoms with Gasteiger partial charge in [0.25, 0.3) is 0 Å². The lowest BCUT2D eigenvalue weighted by Crippen LogP contribution is -2.57. The summed E-state index contributed by atoms with van der Waals surface area (Å²) in [4.78, 5) is 24.2. The van der Waals surface area contributed by atoms with E-state index < -0.39 is 0 Å². The summed E-state index contributed by atoms with van der Waals surface area (Å²) in [6.07, 6.45) is 7.89. The predicted molar refractivity (Wildman–Crippen MR) is 114 cm³/mol. The van der Waals surface area contributed by atoms with Gasteiger partial charge < -0.3 is 19.7 Å². The normalized spacial score (nSPS) is 19.6. The molecule has 29 heavy (non-hydrogen) atoms. The number of rotatable bonds is 8. The summed E-state index contributed by atoms with van der Waals surface area (Å²) in [7, 11) is 0. The van der Waals surface area contributed by atoms with Crippen LogP contribution in [0.3, 0.4) is 0 Å². The quantitative estimate of drug-likeness (QED) is 0.389. The van der Waals surface area contributed by atoms with E-state index in [-0.39, 0.29) is 6.04 Å². The maximum Gasteiger partial charge on any atom is 0.239 e. The molecular weight excluding hydrogens is 368 g/mol. The van der Waals surface area contributed by atoms with Gasteiger partial charge in [0.2, 0.25) is 5.91 Å². The van der Waals surface area contributed by atoms with Crippen LogP contribution in [0.4, 0.5) is 0 Å². The van der Waals surface area contributed by atoms with Gasteiger partial charge >= 0.3 is 0 Å². The third-order valence-corrected chi connectivity index (χ3v) is 5.82. The summed E-state index contributed by atoms with van der Waals surface area (Å²) < 4.78 is 2.00. The van der Waals surface area contributed by atoms with Crippen molar-refractivity contribution in [1.82, 2.24) is 34.8 Å². The molecule has 162 valence electrons. The molecule has 1 unspecified atom stereocenters. The Morgan fingerprint density at radius 1 is 1.03 bits per heavy atom. The van der Waals surface area contributed by atoms with Crippen LogP contribution >= 0.6 is 0 Å². The molecule has 1 amide bonds. The van der Waals surface area contributed by atoms with E-state index in [0.29, 0.717) is 5.91 Å². The van der Waals surface area contributed by atoms with Crippen LogP contribution in [0.1, 0.15) is 39.5 Å². The second-order valence-electron chi connectivity index (χ2n) is 7.87. The molecule has 0 spiro atoms. The zero-order valence-electron chi connectivity index (χ0n) is 18.0. The first-order valence-electron chi connectivity index (χ1n) is 11.1. The number of piperazine rings is 1. The largest absolute Gasteiger partial charge is 0.357 e. The van der Waals surface area contributed by atoms with Crippen LogP contribution in [0.5, 0.6) is 0 Å². The van der Waals surface area contributed by atoms with Crippen LogP contribution < -0.4 is 5.32 Å². The Kier molecular flexibility index (Phi) is 8.27. The number of carbonyl (C=O) groups is 1. The average molecular weight is 405 g/mol. The van der Waals surface area contributed by atoms with Gasteiger partial charge in [-0.15, -0.1) is 10.2 Å². The highest BCUT2D eigenvalue weighted by molar-refractivity contribution is 5.82. The molecule has 3 rings (SSSR count). The van der Waals surface area contributed by atoms with Crippen molar-refractivity contribution in [1.29, 1.82) is 0 Å². The smallest absolute Gasteiger partial charge is 0.239 e. The number of nitrogens with one attached hydrogen (secondary N) is 1. The van der Waals surface area contributed by atoms with Crippen molar-refractivity contribution in [3.63, 3.8) is 0 Å². The fourth-order valence-electron chi connectivity index (χ4n) is 4.03. The minimum Gasteiger partial charge on any atom is -0.357 e. The third-order valence-electron chi connectivity index (χ3n) is 5.82. The molecule has 1 aromatic rings. The number of hydrogen-bond acceptors (Lipinski definition) is 5. The number of aromatic nitrogens is 3.